The van der Waals surface area contributed by atoms with E-state index < -0.39 is 33.6 Å². The number of carboxylic acid groups (broad SMARTS) is 1. The molecule has 214 valence electrons. The number of para-hydroxylation sites is 1. The number of carbonyl (C=O) groups excluding carboxylic acids is 2. The minimum atomic E-state index is -0.949. The van der Waals surface area contributed by atoms with Crippen LogP contribution in [0, 0.1) is 27.4 Å². The molecule has 0 radical (unpaired) electrons. The molecule has 40 heavy (non-hydrogen) atoms. The second-order valence-electron chi connectivity index (χ2n) is 11.7. The number of ether oxygens (including phenoxy) is 1. The Bertz CT molecular complexity index is 1320. The van der Waals surface area contributed by atoms with Gasteiger partial charge in [-0.25, -0.2) is 0 Å². The summed E-state index contributed by atoms with van der Waals surface area (Å²) in [6.07, 6.45) is 7.70. The number of anilines is 1. The lowest BCUT2D eigenvalue weighted by Crippen LogP contribution is -2.36. The number of benzene rings is 1. The molecule has 0 saturated carbocycles. The van der Waals surface area contributed by atoms with Crippen LogP contribution in [0.4, 0.5) is 5.69 Å². The number of carboxylic acids is 1. The SMILES string of the molecule is CC(C)CC(C)(CC(C)C(=O)O)C(=O)OCCN1/C(=C/C=C2/C=C([N+](=O)[O-])C=CC2=O)C(C)(C)c2ccccc21. The van der Waals surface area contributed by atoms with Crippen LogP contribution in [0.5, 0.6) is 0 Å². The van der Waals surface area contributed by atoms with Crippen molar-refractivity contribution in [3.8, 4) is 0 Å². The number of hydrogen-bond acceptors (Lipinski definition) is 7. The summed E-state index contributed by atoms with van der Waals surface area (Å²) in [5.74, 6) is -2.21. The second kappa shape index (κ2) is 12.0. The number of nitro groups is 1. The lowest BCUT2D eigenvalue weighted by atomic mass is 9.75. The minimum Gasteiger partial charge on any atom is -0.481 e. The number of ketones is 1. The number of hydrogen-bond donors (Lipinski definition) is 1. The van der Waals surface area contributed by atoms with Gasteiger partial charge in [0.1, 0.15) is 6.61 Å². The number of rotatable bonds is 11. The van der Waals surface area contributed by atoms with Gasteiger partial charge in [0, 0.05) is 34.5 Å². The Balaban J connectivity index is 1.88. The lowest BCUT2D eigenvalue weighted by Gasteiger charge is -2.31. The molecule has 0 saturated heterocycles. The van der Waals surface area contributed by atoms with Crippen LogP contribution < -0.4 is 4.90 Å². The standard InChI is InChI=1S/C31H38N2O7/c1-20(2)18-31(6,19-21(3)28(35)36)29(37)40-16-15-32-25-10-8-7-9-24(25)30(4,5)27(32)14-11-22-17-23(33(38)39)12-13-26(22)34/h7-14,17,20-21H,15-16,18-19H2,1-6H3,(H,35,36)/b22-11-,27-14+. The summed E-state index contributed by atoms with van der Waals surface area (Å²) in [5, 5.41) is 20.6. The zero-order valence-corrected chi connectivity index (χ0v) is 24.0. The molecular formula is C31H38N2O7. The molecule has 2 aliphatic rings. The van der Waals surface area contributed by atoms with Gasteiger partial charge in [-0.15, -0.1) is 0 Å². The third kappa shape index (κ3) is 6.58. The van der Waals surface area contributed by atoms with Gasteiger partial charge in [0.25, 0.3) is 5.70 Å². The molecule has 1 heterocycles. The van der Waals surface area contributed by atoms with Crippen LogP contribution in [0.3, 0.4) is 0 Å². The highest BCUT2D eigenvalue weighted by Gasteiger charge is 2.41. The van der Waals surface area contributed by atoms with Crippen LogP contribution in [0.25, 0.3) is 0 Å². The van der Waals surface area contributed by atoms with Crippen molar-refractivity contribution in [2.45, 2.75) is 59.8 Å². The van der Waals surface area contributed by atoms with E-state index in [1.54, 1.807) is 26.0 Å². The number of carbonyl (C=O) groups is 3. The largest absolute Gasteiger partial charge is 0.481 e. The van der Waals surface area contributed by atoms with Gasteiger partial charge in [-0.3, -0.25) is 24.5 Å². The van der Waals surface area contributed by atoms with E-state index in [1.807, 2.05) is 43.0 Å². The van der Waals surface area contributed by atoms with Crippen molar-refractivity contribution in [3.63, 3.8) is 0 Å². The molecule has 1 aliphatic heterocycles. The molecule has 0 amide bonds. The molecule has 1 N–H and O–H groups in total. The molecule has 0 spiro atoms. The fourth-order valence-electron chi connectivity index (χ4n) is 5.65. The molecule has 2 unspecified atom stereocenters. The van der Waals surface area contributed by atoms with E-state index >= 15 is 0 Å². The van der Waals surface area contributed by atoms with Crippen LogP contribution in [0.1, 0.15) is 59.9 Å². The molecule has 1 aromatic carbocycles. The quantitative estimate of drug-likeness (QED) is 0.163. The highest BCUT2D eigenvalue weighted by atomic mass is 16.6. The summed E-state index contributed by atoms with van der Waals surface area (Å²) >= 11 is 0. The smallest absolute Gasteiger partial charge is 0.311 e. The Labute approximate surface area is 235 Å². The van der Waals surface area contributed by atoms with Crippen molar-refractivity contribution in [1.82, 2.24) is 0 Å². The van der Waals surface area contributed by atoms with Crippen LogP contribution in [-0.4, -0.2) is 40.9 Å². The first-order chi connectivity index (χ1) is 18.7. The van der Waals surface area contributed by atoms with Crippen molar-refractivity contribution < 1.29 is 29.2 Å². The predicted molar refractivity (Wildman–Crippen MR) is 152 cm³/mol. The second-order valence-corrected chi connectivity index (χ2v) is 11.7. The Morgan fingerprint density at radius 2 is 1.82 bits per heavy atom. The minimum absolute atomic E-state index is 0.0688. The molecule has 0 fully saturated rings. The average Bonchev–Trinajstić information content (AvgIpc) is 3.08. The first-order valence-electron chi connectivity index (χ1n) is 13.5. The summed E-state index contributed by atoms with van der Waals surface area (Å²) in [4.78, 5) is 49.9. The molecular weight excluding hydrogens is 512 g/mol. The van der Waals surface area contributed by atoms with Gasteiger partial charge >= 0.3 is 11.9 Å². The van der Waals surface area contributed by atoms with Gasteiger partial charge in [-0.1, -0.05) is 52.8 Å². The third-order valence-electron chi connectivity index (χ3n) is 7.50. The maximum absolute atomic E-state index is 13.3. The molecule has 1 aliphatic carbocycles. The normalized spacial score (nSPS) is 20.3. The van der Waals surface area contributed by atoms with Gasteiger partial charge < -0.3 is 14.7 Å². The summed E-state index contributed by atoms with van der Waals surface area (Å²) in [6, 6.07) is 7.87. The van der Waals surface area contributed by atoms with Gasteiger partial charge in [-0.05, 0) is 55.5 Å². The number of aliphatic carboxylic acids is 1. The van der Waals surface area contributed by atoms with Crippen LogP contribution in [-0.2, 0) is 24.5 Å². The molecule has 2 atom stereocenters. The molecule has 1 aromatic rings. The Morgan fingerprint density at radius 1 is 1.15 bits per heavy atom. The first-order valence-corrected chi connectivity index (χ1v) is 13.5. The van der Waals surface area contributed by atoms with Crippen LogP contribution in [0.15, 0.2) is 71.6 Å². The van der Waals surface area contributed by atoms with E-state index in [4.69, 9.17) is 4.74 Å². The molecule has 9 nitrogen and oxygen atoms in total. The Morgan fingerprint density at radius 3 is 2.45 bits per heavy atom. The fourth-order valence-corrected chi connectivity index (χ4v) is 5.65. The topological polar surface area (TPSA) is 127 Å². The molecule has 3 rings (SSSR count). The van der Waals surface area contributed by atoms with E-state index in [0.29, 0.717) is 13.0 Å². The first kappa shape index (κ1) is 30.5. The van der Waals surface area contributed by atoms with Crippen molar-refractivity contribution >= 4 is 23.4 Å². The van der Waals surface area contributed by atoms with Crippen LogP contribution in [0.2, 0.25) is 0 Å². The summed E-state index contributed by atoms with van der Waals surface area (Å²) in [5.41, 5.74) is 1.49. The fraction of sp³-hybridized carbons (Fsp3) is 0.452. The zero-order valence-electron chi connectivity index (χ0n) is 24.0. The highest BCUT2D eigenvalue weighted by Crippen LogP contribution is 2.47. The van der Waals surface area contributed by atoms with E-state index in [1.165, 1.54) is 18.2 Å². The number of allylic oxidation sites excluding steroid dienone is 7. The molecule has 0 bridgehead atoms. The van der Waals surface area contributed by atoms with E-state index in [-0.39, 0.29) is 36.0 Å². The van der Waals surface area contributed by atoms with Gasteiger partial charge in [0.05, 0.1) is 22.8 Å². The predicted octanol–water partition coefficient (Wildman–Crippen LogP) is 5.60. The van der Waals surface area contributed by atoms with Crippen molar-refractivity contribution in [3.05, 3.63) is 87.3 Å². The van der Waals surface area contributed by atoms with Crippen LogP contribution >= 0.6 is 0 Å². The number of esters is 1. The maximum atomic E-state index is 13.3. The lowest BCUT2D eigenvalue weighted by molar-refractivity contribution is -0.419. The van der Waals surface area contributed by atoms with Crippen molar-refractivity contribution in [2.24, 2.45) is 17.3 Å². The van der Waals surface area contributed by atoms with Crippen molar-refractivity contribution in [2.75, 3.05) is 18.1 Å². The number of nitrogens with zero attached hydrogens (tertiary/aromatic N) is 2. The van der Waals surface area contributed by atoms with Gasteiger partial charge in [-0.2, -0.15) is 0 Å². The van der Waals surface area contributed by atoms with Crippen molar-refractivity contribution in [1.29, 1.82) is 0 Å². The molecule has 0 aromatic heterocycles. The Hall–Kier alpha value is -4.01. The summed E-state index contributed by atoms with van der Waals surface area (Å²) in [6.45, 7) is 11.8. The van der Waals surface area contributed by atoms with E-state index in [9.17, 15) is 29.6 Å². The third-order valence-corrected chi connectivity index (χ3v) is 7.50. The number of fused-ring (bicyclic) bond motifs is 1. The summed E-state index contributed by atoms with van der Waals surface area (Å²) < 4.78 is 5.77. The van der Waals surface area contributed by atoms with E-state index in [0.717, 1.165) is 16.9 Å². The van der Waals surface area contributed by atoms with E-state index in [2.05, 4.69) is 13.8 Å². The molecule has 9 heteroatoms. The Kier molecular flexibility index (Phi) is 9.18. The van der Waals surface area contributed by atoms with Gasteiger partial charge in [0.2, 0.25) is 0 Å². The monoisotopic (exact) mass is 550 g/mol. The highest BCUT2D eigenvalue weighted by molar-refractivity contribution is 6.07. The summed E-state index contributed by atoms with van der Waals surface area (Å²) in [7, 11) is 0. The average molecular weight is 551 g/mol. The van der Waals surface area contributed by atoms with Gasteiger partial charge in [0.15, 0.2) is 5.78 Å². The maximum Gasteiger partial charge on any atom is 0.311 e. The zero-order chi connectivity index (χ0) is 29.8.